The maximum atomic E-state index is 12.8. The fourth-order valence-corrected chi connectivity index (χ4v) is 6.12. The summed E-state index contributed by atoms with van der Waals surface area (Å²) in [5.74, 6) is 1.96. The van der Waals surface area contributed by atoms with E-state index in [0.29, 0.717) is 42.2 Å². The standard InChI is InChI=1S/C21H26N4O3/c22-10-13-1-2-18(23-11-13)24-17-3-4-25(12-17)20(26)28-19-15-5-14-6-16(19)9-21(27,7-14)8-15/h1-2,11,14-17,19,27H,3-9,12H2,(H,23,24)/t14?,15-,16?,17+,19?,21?/m0/s1. The van der Waals surface area contributed by atoms with Crippen LogP contribution in [0.3, 0.4) is 0 Å². The number of aliphatic hydroxyl groups is 1. The van der Waals surface area contributed by atoms with Gasteiger partial charge < -0.3 is 20.1 Å². The Morgan fingerprint density at radius 1 is 1.32 bits per heavy atom. The molecule has 28 heavy (non-hydrogen) atoms. The van der Waals surface area contributed by atoms with Gasteiger partial charge in [0.2, 0.25) is 0 Å². The molecule has 4 saturated carbocycles. The van der Waals surface area contributed by atoms with Gasteiger partial charge in [0.1, 0.15) is 18.0 Å². The van der Waals surface area contributed by atoms with Crippen molar-refractivity contribution in [1.82, 2.24) is 9.88 Å². The molecule has 7 nitrogen and oxygen atoms in total. The summed E-state index contributed by atoms with van der Waals surface area (Å²) >= 11 is 0. The number of ether oxygens (including phenoxy) is 1. The van der Waals surface area contributed by atoms with Crippen molar-refractivity contribution in [3.63, 3.8) is 0 Å². The van der Waals surface area contributed by atoms with E-state index in [1.807, 2.05) is 0 Å². The summed E-state index contributed by atoms with van der Waals surface area (Å²) in [6, 6.07) is 5.71. The van der Waals surface area contributed by atoms with E-state index in [1.165, 1.54) is 0 Å². The summed E-state index contributed by atoms with van der Waals surface area (Å²) < 4.78 is 5.98. The molecule has 6 atom stereocenters. The van der Waals surface area contributed by atoms with E-state index >= 15 is 0 Å². The van der Waals surface area contributed by atoms with Crippen molar-refractivity contribution < 1.29 is 14.6 Å². The number of likely N-dealkylation sites (tertiary alicyclic amines) is 1. The predicted molar refractivity (Wildman–Crippen MR) is 101 cm³/mol. The van der Waals surface area contributed by atoms with E-state index in [-0.39, 0.29) is 18.2 Å². The number of carbonyl (C=O) groups is 1. The van der Waals surface area contributed by atoms with Crippen molar-refractivity contribution in [2.24, 2.45) is 17.8 Å². The van der Waals surface area contributed by atoms with Crippen LogP contribution in [-0.2, 0) is 4.74 Å². The van der Waals surface area contributed by atoms with Gasteiger partial charge in [0.05, 0.1) is 11.2 Å². The van der Waals surface area contributed by atoms with Crippen LogP contribution in [-0.4, -0.2) is 51.9 Å². The van der Waals surface area contributed by atoms with Gasteiger partial charge in [0, 0.05) is 25.3 Å². The second-order valence-electron chi connectivity index (χ2n) is 9.16. The molecule has 148 valence electrons. The number of nitrogens with zero attached hydrogens (tertiary/aromatic N) is 3. The van der Waals surface area contributed by atoms with Crippen LogP contribution in [0.2, 0.25) is 0 Å². The molecule has 1 aromatic heterocycles. The number of rotatable bonds is 3. The third-order valence-corrected chi connectivity index (χ3v) is 7.08. The first-order chi connectivity index (χ1) is 13.5. The summed E-state index contributed by atoms with van der Waals surface area (Å²) in [6.07, 6.45) is 6.82. The monoisotopic (exact) mass is 382 g/mol. The van der Waals surface area contributed by atoms with E-state index < -0.39 is 5.60 Å². The molecular weight excluding hydrogens is 356 g/mol. The molecule has 0 radical (unpaired) electrons. The Morgan fingerprint density at radius 3 is 2.75 bits per heavy atom. The van der Waals surface area contributed by atoms with Crippen molar-refractivity contribution in [3.05, 3.63) is 23.9 Å². The van der Waals surface area contributed by atoms with Gasteiger partial charge in [-0.3, -0.25) is 0 Å². The lowest BCUT2D eigenvalue weighted by atomic mass is 9.53. The fraction of sp³-hybridized carbons (Fsp3) is 0.667. The van der Waals surface area contributed by atoms with Gasteiger partial charge >= 0.3 is 6.09 Å². The quantitative estimate of drug-likeness (QED) is 0.833. The average molecular weight is 382 g/mol. The minimum atomic E-state index is -0.504. The molecule has 1 saturated heterocycles. The van der Waals surface area contributed by atoms with Gasteiger partial charge in [0.15, 0.2) is 0 Å². The van der Waals surface area contributed by atoms with Gasteiger partial charge in [-0.15, -0.1) is 0 Å². The lowest BCUT2D eigenvalue weighted by Crippen LogP contribution is -2.58. The minimum Gasteiger partial charge on any atom is -0.446 e. The lowest BCUT2D eigenvalue weighted by Gasteiger charge is -2.57. The first kappa shape index (κ1) is 17.7. The maximum Gasteiger partial charge on any atom is 0.410 e. The molecule has 5 aliphatic rings. The maximum absolute atomic E-state index is 12.8. The Kier molecular flexibility index (Phi) is 4.20. The molecule has 7 heteroatoms. The number of anilines is 1. The molecule has 1 aromatic rings. The highest BCUT2D eigenvalue weighted by Crippen LogP contribution is 2.56. The van der Waals surface area contributed by atoms with Crippen molar-refractivity contribution >= 4 is 11.9 Å². The molecule has 2 N–H and O–H groups in total. The summed E-state index contributed by atoms with van der Waals surface area (Å²) in [7, 11) is 0. The molecule has 1 amide bonds. The van der Waals surface area contributed by atoms with Gasteiger partial charge in [-0.25, -0.2) is 9.78 Å². The van der Waals surface area contributed by atoms with Crippen molar-refractivity contribution in [3.8, 4) is 6.07 Å². The molecule has 4 unspecified atom stereocenters. The highest BCUT2D eigenvalue weighted by molar-refractivity contribution is 5.68. The lowest BCUT2D eigenvalue weighted by molar-refractivity contribution is -0.177. The molecular formula is C21H26N4O3. The summed E-state index contributed by atoms with van der Waals surface area (Å²) in [5.41, 5.74) is 0.0263. The number of nitriles is 1. The molecule has 6 rings (SSSR count). The predicted octanol–water partition coefficient (Wildman–Crippen LogP) is 2.52. The zero-order chi connectivity index (χ0) is 19.3. The number of nitrogens with one attached hydrogen (secondary N) is 1. The third-order valence-electron chi connectivity index (χ3n) is 7.08. The van der Waals surface area contributed by atoms with Crippen LogP contribution < -0.4 is 5.32 Å². The first-order valence-electron chi connectivity index (χ1n) is 10.3. The van der Waals surface area contributed by atoms with Crippen molar-refractivity contribution in [2.75, 3.05) is 18.4 Å². The number of amides is 1. The molecule has 0 aromatic carbocycles. The molecule has 4 aliphatic carbocycles. The van der Waals surface area contributed by atoms with Crippen LogP contribution in [0.1, 0.15) is 44.1 Å². The second kappa shape index (κ2) is 6.63. The number of pyridine rings is 1. The first-order valence-corrected chi connectivity index (χ1v) is 10.3. The number of carbonyl (C=O) groups excluding carboxylic acids is 1. The Bertz CT molecular complexity index is 789. The Balaban J connectivity index is 1.16. The Hall–Kier alpha value is -2.33. The number of hydrogen-bond acceptors (Lipinski definition) is 6. The average Bonchev–Trinajstić information content (AvgIpc) is 3.12. The van der Waals surface area contributed by atoms with Crippen molar-refractivity contribution in [1.29, 1.82) is 5.26 Å². The highest BCUT2D eigenvalue weighted by atomic mass is 16.6. The van der Waals surface area contributed by atoms with E-state index in [9.17, 15) is 9.90 Å². The zero-order valence-corrected chi connectivity index (χ0v) is 15.9. The van der Waals surface area contributed by atoms with Gasteiger partial charge in [0.25, 0.3) is 0 Å². The topological polar surface area (TPSA) is 98.5 Å². The van der Waals surface area contributed by atoms with Crippen LogP contribution in [0.4, 0.5) is 10.6 Å². The van der Waals surface area contributed by atoms with Gasteiger partial charge in [-0.2, -0.15) is 5.26 Å². The molecule has 0 spiro atoms. The largest absolute Gasteiger partial charge is 0.446 e. The van der Waals surface area contributed by atoms with E-state index in [4.69, 9.17) is 10.00 Å². The SMILES string of the molecule is N#Cc1ccc(N[C@@H]2CCN(C(=O)OC3C4CC5C[C@H]3CC(O)(C5)C4)C2)nc1. The van der Waals surface area contributed by atoms with Crippen LogP contribution in [0.25, 0.3) is 0 Å². The van der Waals surface area contributed by atoms with E-state index in [1.54, 1.807) is 23.2 Å². The normalized spacial score (nSPS) is 38.3. The fourth-order valence-electron chi connectivity index (χ4n) is 6.12. The molecule has 4 bridgehead atoms. The van der Waals surface area contributed by atoms with Crippen LogP contribution in [0.5, 0.6) is 0 Å². The third kappa shape index (κ3) is 3.20. The van der Waals surface area contributed by atoms with E-state index in [0.717, 1.165) is 38.5 Å². The molecule has 2 heterocycles. The summed E-state index contributed by atoms with van der Waals surface area (Å²) in [5, 5.41) is 22.9. The van der Waals surface area contributed by atoms with Crippen LogP contribution in [0.15, 0.2) is 18.3 Å². The van der Waals surface area contributed by atoms with E-state index in [2.05, 4.69) is 16.4 Å². The Morgan fingerprint density at radius 2 is 2.11 bits per heavy atom. The minimum absolute atomic E-state index is 0.0310. The van der Waals surface area contributed by atoms with Gasteiger partial charge in [-0.05, 0) is 68.4 Å². The Labute approximate surface area is 164 Å². The smallest absolute Gasteiger partial charge is 0.410 e. The van der Waals surface area contributed by atoms with Crippen molar-refractivity contribution in [2.45, 2.75) is 56.3 Å². The summed E-state index contributed by atoms with van der Waals surface area (Å²) in [4.78, 5) is 18.8. The van der Waals surface area contributed by atoms with Crippen LogP contribution in [0, 0.1) is 29.1 Å². The summed E-state index contributed by atoms with van der Waals surface area (Å²) in [6.45, 7) is 1.26. The number of hydrogen-bond donors (Lipinski definition) is 2. The second-order valence-corrected chi connectivity index (χ2v) is 9.16. The highest BCUT2D eigenvalue weighted by Gasteiger charge is 2.56. The van der Waals surface area contributed by atoms with Gasteiger partial charge in [-0.1, -0.05) is 0 Å². The van der Waals surface area contributed by atoms with Crippen LogP contribution >= 0.6 is 0 Å². The molecule has 5 fully saturated rings. The zero-order valence-electron chi connectivity index (χ0n) is 15.9. The molecule has 1 aliphatic heterocycles. The number of aromatic nitrogens is 1.